The van der Waals surface area contributed by atoms with Gasteiger partial charge >= 0.3 is 0 Å². The summed E-state index contributed by atoms with van der Waals surface area (Å²) in [5.74, 6) is 0.164. The van der Waals surface area contributed by atoms with Crippen molar-refractivity contribution < 1.29 is 17.9 Å². The Morgan fingerprint density at radius 1 is 1.11 bits per heavy atom. The van der Waals surface area contributed by atoms with Crippen LogP contribution in [0.4, 0.5) is 5.69 Å². The third-order valence-electron chi connectivity index (χ3n) is 4.31. The van der Waals surface area contributed by atoms with Gasteiger partial charge in [-0.1, -0.05) is 26.0 Å². The van der Waals surface area contributed by atoms with Gasteiger partial charge in [-0.3, -0.25) is 4.79 Å². The van der Waals surface area contributed by atoms with Gasteiger partial charge in [-0.25, -0.2) is 8.42 Å². The van der Waals surface area contributed by atoms with Crippen LogP contribution in [0.5, 0.6) is 5.75 Å². The molecule has 6 nitrogen and oxygen atoms in total. The van der Waals surface area contributed by atoms with Gasteiger partial charge < -0.3 is 10.1 Å². The summed E-state index contributed by atoms with van der Waals surface area (Å²) in [4.78, 5) is 13.7. The molecular weight excluding hydrogens is 396 g/mol. The Balaban J connectivity index is 2.24. The third kappa shape index (κ3) is 5.27. The summed E-state index contributed by atoms with van der Waals surface area (Å²) in [7, 11) is -2.15. The molecule has 0 heterocycles. The number of carbonyl (C=O) groups is 1. The van der Waals surface area contributed by atoms with E-state index >= 15 is 0 Å². The van der Waals surface area contributed by atoms with Gasteiger partial charge in [-0.05, 0) is 42.2 Å². The lowest BCUT2D eigenvalue weighted by molar-refractivity contribution is -0.115. The van der Waals surface area contributed by atoms with Gasteiger partial charge in [-0.15, -0.1) is 11.8 Å². The number of amides is 1. The molecule has 0 unspecified atom stereocenters. The van der Waals surface area contributed by atoms with E-state index in [4.69, 9.17) is 4.74 Å². The Morgan fingerprint density at radius 3 is 2.29 bits per heavy atom. The predicted molar refractivity (Wildman–Crippen MR) is 114 cm³/mol. The molecule has 0 saturated heterocycles. The fourth-order valence-electron chi connectivity index (χ4n) is 2.78. The van der Waals surface area contributed by atoms with Crippen LogP contribution in [0.25, 0.3) is 0 Å². The van der Waals surface area contributed by atoms with Crippen LogP contribution in [0, 0.1) is 0 Å². The molecule has 0 atom stereocenters. The Hall–Kier alpha value is -2.03. The van der Waals surface area contributed by atoms with E-state index in [0.29, 0.717) is 24.5 Å². The molecule has 0 aliphatic heterocycles. The van der Waals surface area contributed by atoms with Gasteiger partial charge in [-0.2, -0.15) is 4.31 Å². The number of methoxy groups -OCH3 is 1. The molecule has 1 amide bonds. The highest BCUT2D eigenvalue weighted by Crippen LogP contribution is 2.29. The maximum Gasteiger partial charge on any atom is 0.243 e. The number of benzene rings is 2. The number of sulfonamides is 1. The molecule has 0 aliphatic rings. The van der Waals surface area contributed by atoms with Gasteiger partial charge in [0.1, 0.15) is 5.75 Å². The first-order valence-corrected chi connectivity index (χ1v) is 11.6. The van der Waals surface area contributed by atoms with Crippen LogP contribution in [0.1, 0.15) is 19.4 Å². The van der Waals surface area contributed by atoms with E-state index in [9.17, 15) is 13.2 Å². The topological polar surface area (TPSA) is 75.7 Å². The minimum absolute atomic E-state index is 0.122. The molecule has 152 valence electrons. The number of anilines is 1. The Bertz CT molecular complexity index is 908. The fourth-order valence-corrected chi connectivity index (χ4v) is 4.67. The van der Waals surface area contributed by atoms with Crippen molar-refractivity contribution >= 4 is 33.4 Å². The van der Waals surface area contributed by atoms with Crippen molar-refractivity contribution in [1.82, 2.24) is 4.31 Å². The maximum absolute atomic E-state index is 12.8. The van der Waals surface area contributed by atoms with Crippen LogP contribution in [0.3, 0.4) is 0 Å². The van der Waals surface area contributed by atoms with Crippen LogP contribution in [0.2, 0.25) is 0 Å². The van der Waals surface area contributed by atoms with Crippen LogP contribution >= 0.6 is 11.8 Å². The summed E-state index contributed by atoms with van der Waals surface area (Å²) in [5, 5.41) is 2.77. The molecule has 0 aromatic heterocycles. The zero-order valence-corrected chi connectivity index (χ0v) is 18.2. The number of rotatable bonds is 9. The minimum Gasteiger partial charge on any atom is -0.495 e. The van der Waals surface area contributed by atoms with Crippen molar-refractivity contribution in [1.29, 1.82) is 0 Å². The zero-order chi connectivity index (χ0) is 20.7. The Labute approximate surface area is 171 Å². The molecule has 2 aromatic rings. The van der Waals surface area contributed by atoms with Crippen molar-refractivity contribution in [3.63, 3.8) is 0 Å². The quantitative estimate of drug-likeness (QED) is 0.625. The molecule has 0 saturated carbocycles. The number of hydrogen-bond acceptors (Lipinski definition) is 5. The van der Waals surface area contributed by atoms with Crippen molar-refractivity contribution in [3.05, 3.63) is 48.0 Å². The number of ether oxygens (including phenoxy) is 1. The van der Waals surface area contributed by atoms with Crippen molar-refractivity contribution in [3.8, 4) is 5.75 Å². The number of hydrogen-bond donors (Lipinski definition) is 1. The first-order chi connectivity index (χ1) is 13.3. The van der Waals surface area contributed by atoms with Gasteiger partial charge in [0.25, 0.3) is 0 Å². The first kappa shape index (κ1) is 22.3. The van der Waals surface area contributed by atoms with Crippen molar-refractivity contribution in [2.45, 2.75) is 30.1 Å². The molecule has 0 radical (unpaired) electrons. The van der Waals surface area contributed by atoms with E-state index in [-0.39, 0.29) is 17.2 Å². The summed E-state index contributed by atoms with van der Waals surface area (Å²) in [6.45, 7) is 4.32. The lowest BCUT2D eigenvalue weighted by atomic mass is 10.1. The summed E-state index contributed by atoms with van der Waals surface area (Å²) in [6, 6.07) is 12.2. The highest BCUT2D eigenvalue weighted by atomic mass is 32.2. The first-order valence-electron chi connectivity index (χ1n) is 8.96. The Kier molecular flexibility index (Phi) is 7.91. The number of thioether (sulfide) groups is 1. The highest BCUT2D eigenvalue weighted by molar-refractivity contribution is 7.98. The van der Waals surface area contributed by atoms with Crippen LogP contribution in [0.15, 0.2) is 52.3 Å². The second-order valence-corrected chi connectivity index (χ2v) is 8.84. The van der Waals surface area contributed by atoms with Crippen molar-refractivity contribution in [2.75, 3.05) is 31.8 Å². The molecule has 28 heavy (non-hydrogen) atoms. The van der Waals surface area contributed by atoms with Gasteiger partial charge in [0, 0.05) is 18.0 Å². The van der Waals surface area contributed by atoms with E-state index in [0.717, 1.165) is 10.5 Å². The standard InChI is InChI=1S/C20H26N2O4S2/c1-5-22(6-2)28(24,25)17-11-12-19(26-3)18(14-17)21-20(23)13-15-7-9-16(27-4)10-8-15/h7-12,14H,5-6,13H2,1-4H3,(H,21,23). The summed E-state index contributed by atoms with van der Waals surface area (Å²) < 4.78 is 32.2. The van der Waals surface area contributed by atoms with E-state index in [2.05, 4.69) is 5.32 Å². The largest absolute Gasteiger partial charge is 0.495 e. The average Bonchev–Trinajstić information content (AvgIpc) is 2.69. The molecule has 0 fully saturated rings. The SMILES string of the molecule is CCN(CC)S(=O)(=O)c1ccc(OC)c(NC(=O)Cc2ccc(SC)cc2)c1. The monoisotopic (exact) mass is 422 g/mol. The molecule has 0 aliphatic carbocycles. The maximum atomic E-state index is 12.8. The van der Waals surface area contributed by atoms with Gasteiger partial charge in [0.05, 0.1) is 24.1 Å². The normalized spacial score (nSPS) is 11.5. The molecule has 2 aromatic carbocycles. The van der Waals surface area contributed by atoms with E-state index in [1.165, 1.54) is 23.5 Å². The molecule has 0 spiro atoms. The minimum atomic E-state index is -3.63. The number of carbonyl (C=O) groups excluding carboxylic acids is 1. The summed E-state index contributed by atoms with van der Waals surface area (Å²) in [6.07, 6.45) is 2.18. The highest BCUT2D eigenvalue weighted by Gasteiger charge is 2.23. The molecule has 0 bridgehead atoms. The number of nitrogens with zero attached hydrogens (tertiary/aromatic N) is 1. The van der Waals surface area contributed by atoms with Crippen LogP contribution in [-0.4, -0.2) is 45.1 Å². The molecular formula is C20H26N2O4S2. The second-order valence-electron chi connectivity index (χ2n) is 6.02. The lowest BCUT2D eigenvalue weighted by Gasteiger charge is -2.19. The molecule has 2 rings (SSSR count). The van der Waals surface area contributed by atoms with Crippen LogP contribution < -0.4 is 10.1 Å². The molecule has 8 heteroatoms. The summed E-state index contributed by atoms with van der Waals surface area (Å²) >= 11 is 1.64. The predicted octanol–water partition coefficient (Wildman–Crippen LogP) is 3.63. The van der Waals surface area contributed by atoms with E-state index in [1.807, 2.05) is 30.5 Å². The van der Waals surface area contributed by atoms with Crippen molar-refractivity contribution in [2.24, 2.45) is 0 Å². The zero-order valence-electron chi connectivity index (χ0n) is 16.6. The van der Waals surface area contributed by atoms with E-state index < -0.39 is 10.0 Å². The number of nitrogens with one attached hydrogen (secondary N) is 1. The molecule has 1 N–H and O–H groups in total. The van der Waals surface area contributed by atoms with Gasteiger partial charge in [0.2, 0.25) is 15.9 Å². The summed E-state index contributed by atoms with van der Waals surface area (Å²) in [5.41, 5.74) is 1.21. The van der Waals surface area contributed by atoms with E-state index in [1.54, 1.807) is 31.7 Å². The Morgan fingerprint density at radius 2 is 1.75 bits per heavy atom. The lowest BCUT2D eigenvalue weighted by Crippen LogP contribution is -2.30. The van der Waals surface area contributed by atoms with Gasteiger partial charge in [0.15, 0.2) is 0 Å². The second kappa shape index (κ2) is 9.95. The average molecular weight is 423 g/mol. The third-order valence-corrected chi connectivity index (χ3v) is 7.10. The fraction of sp³-hybridized carbons (Fsp3) is 0.350. The smallest absolute Gasteiger partial charge is 0.243 e. The van der Waals surface area contributed by atoms with Crippen LogP contribution in [-0.2, 0) is 21.2 Å².